The van der Waals surface area contributed by atoms with Gasteiger partial charge in [-0.2, -0.15) is 18.4 Å². The van der Waals surface area contributed by atoms with Crippen molar-refractivity contribution in [1.82, 2.24) is 19.5 Å². The lowest BCUT2D eigenvalue weighted by Gasteiger charge is -2.31. The Morgan fingerprint density at radius 1 is 1.18 bits per heavy atom. The molecule has 4 rings (SSSR count). The first-order valence-corrected chi connectivity index (χ1v) is 17.5. The van der Waals surface area contributed by atoms with Gasteiger partial charge in [0.05, 0.1) is 29.5 Å². The Kier molecular flexibility index (Phi) is 11.8. The Labute approximate surface area is 269 Å². The van der Waals surface area contributed by atoms with Crippen LogP contribution in [0.4, 0.5) is 5.95 Å². The Morgan fingerprint density at radius 2 is 1.75 bits per heavy atom. The smallest absolute Gasteiger partial charge is 0.358 e. The lowest BCUT2D eigenvalue weighted by Crippen LogP contribution is -2.44. The Morgan fingerprint density at radius 3 is 2.25 bits per heavy atom. The fourth-order valence-corrected chi connectivity index (χ4v) is 8.27. The molecule has 2 aromatic heterocycles. The largest absolute Gasteiger partial charge is 0.386 e. The van der Waals surface area contributed by atoms with Crippen molar-refractivity contribution in [3.63, 3.8) is 0 Å². The zero-order chi connectivity index (χ0) is 33.2. The molecule has 0 aliphatic heterocycles. The predicted molar refractivity (Wildman–Crippen MR) is 168 cm³/mol. The van der Waals surface area contributed by atoms with E-state index in [9.17, 15) is 23.2 Å². The lowest BCUT2D eigenvalue weighted by molar-refractivity contribution is -0.107. The van der Waals surface area contributed by atoms with Crippen LogP contribution < -0.4 is 5.73 Å². The highest BCUT2D eigenvalue weighted by atomic mass is 79.9. The Balaban J connectivity index is 0.000000240. The molecule has 4 N–H and O–H groups in total. The number of aliphatic hydroxyl groups is 2. The summed E-state index contributed by atoms with van der Waals surface area (Å²) in [7, 11) is -6.29. The molecular weight excluding hydrogens is 705 g/mol. The van der Waals surface area contributed by atoms with Crippen molar-refractivity contribution >= 4 is 62.4 Å². The van der Waals surface area contributed by atoms with Crippen LogP contribution in [-0.2, 0) is 32.7 Å². The number of hydrogen-bond acceptors (Lipinski definition) is 13. The van der Waals surface area contributed by atoms with E-state index in [4.69, 9.17) is 35.3 Å². The number of fused-ring (bicyclic) bond motifs is 1. The van der Waals surface area contributed by atoms with Gasteiger partial charge in [-0.15, -0.1) is 0 Å². The van der Waals surface area contributed by atoms with Gasteiger partial charge in [0.1, 0.15) is 23.3 Å². The van der Waals surface area contributed by atoms with E-state index in [1.807, 2.05) is 0 Å². The minimum Gasteiger partial charge on any atom is -0.386 e. The van der Waals surface area contributed by atoms with Crippen molar-refractivity contribution in [3.8, 4) is 0 Å². The molecule has 1 aromatic carbocycles. The normalized spacial score (nSPS) is 22.5. The molecule has 0 spiro atoms. The van der Waals surface area contributed by atoms with Gasteiger partial charge in [-0.05, 0) is 64.5 Å². The molecule has 0 saturated heterocycles. The van der Waals surface area contributed by atoms with E-state index in [2.05, 4.69) is 37.5 Å². The molecule has 1 aliphatic carbocycles. The number of hydrogen-bond donors (Lipinski definition) is 3. The van der Waals surface area contributed by atoms with Crippen molar-refractivity contribution in [1.29, 1.82) is 0 Å². The summed E-state index contributed by atoms with van der Waals surface area (Å²) in [4.78, 5) is 12.1. The van der Waals surface area contributed by atoms with Gasteiger partial charge >= 0.3 is 7.60 Å². The molecule has 0 bridgehead atoms. The molecule has 44 heavy (non-hydrogen) atoms. The monoisotopic (exact) mass is 739 g/mol. The first-order valence-electron chi connectivity index (χ1n) is 13.2. The van der Waals surface area contributed by atoms with Crippen LogP contribution in [0.25, 0.3) is 11.2 Å². The fourth-order valence-electron chi connectivity index (χ4n) is 4.65. The van der Waals surface area contributed by atoms with Crippen LogP contribution in [0.15, 0.2) is 52.1 Å². The first kappa shape index (κ1) is 36.5. The Hall–Kier alpha value is -1.98. The van der Waals surface area contributed by atoms with Crippen molar-refractivity contribution in [2.75, 3.05) is 19.2 Å². The van der Waals surface area contributed by atoms with Gasteiger partial charge in [0.2, 0.25) is 5.95 Å². The van der Waals surface area contributed by atoms with Crippen molar-refractivity contribution in [2.45, 2.75) is 75.6 Å². The topological polar surface area (TPSA) is 198 Å². The van der Waals surface area contributed by atoms with Crippen molar-refractivity contribution in [3.05, 3.63) is 52.4 Å². The number of nitrogens with two attached hydrogens (primary N) is 1. The lowest BCUT2D eigenvalue weighted by atomic mass is 9.97. The number of nitrogens with zero attached hydrogens (tertiary/aromatic N) is 4. The fraction of sp³-hybridized carbons (Fsp3) is 0.500. The number of imidazole rings is 1. The number of benzene rings is 1. The molecule has 3 aromatic rings. The summed E-state index contributed by atoms with van der Waals surface area (Å²) < 4.78 is 59.6. The molecule has 1 saturated carbocycles. The van der Waals surface area contributed by atoms with Crippen molar-refractivity contribution < 1.29 is 41.2 Å². The quantitative estimate of drug-likeness (QED) is 0.114. The number of anilines is 1. The van der Waals surface area contributed by atoms with Crippen LogP contribution >= 0.6 is 35.1 Å². The molecule has 244 valence electrons. The first-order chi connectivity index (χ1) is 20.3. The summed E-state index contributed by atoms with van der Waals surface area (Å²) >= 11 is 9.23. The molecule has 1 aliphatic rings. The van der Waals surface area contributed by atoms with Crippen molar-refractivity contribution in [2.24, 2.45) is 0 Å². The van der Waals surface area contributed by atoms with E-state index in [1.165, 1.54) is 25.6 Å². The van der Waals surface area contributed by atoms with Crippen LogP contribution in [0.5, 0.6) is 0 Å². The standard InChI is InChI=1S/C13H20BrO6PS.C13H16ClN5O3/c1-10(2)19-21(15,20-11(3)4)9-18-22(16,17)13-7-5-12(14)6-8-13;1-5-7(20)9(22-3)13(2,21)8(5)19-4-16-6-10(14)17-12(15)18-11(6)19/h5-8,10-11H,9H2,1-4H3;4,7-9,20-21H,1H2,2-3H3,(H2,15,17,18)/t;7-,8+,9+,13-/m.0/s1. The second kappa shape index (κ2) is 14.2. The van der Waals surface area contributed by atoms with E-state index < -0.39 is 47.9 Å². The maximum absolute atomic E-state index is 12.5. The van der Waals surface area contributed by atoms with Gasteiger partial charge < -0.3 is 34.3 Å². The molecule has 2 heterocycles. The van der Waals surface area contributed by atoms with Crippen LogP contribution in [0.3, 0.4) is 0 Å². The van der Waals surface area contributed by atoms with Crippen LogP contribution in [0.2, 0.25) is 5.15 Å². The van der Waals surface area contributed by atoms with Crippen LogP contribution in [-0.4, -0.2) is 81.6 Å². The highest BCUT2D eigenvalue weighted by molar-refractivity contribution is 9.10. The van der Waals surface area contributed by atoms with Gasteiger partial charge in [0.25, 0.3) is 10.1 Å². The molecule has 0 radical (unpaired) electrons. The number of aliphatic hydroxyl groups excluding tert-OH is 1. The Bertz CT molecular complexity index is 1620. The summed E-state index contributed by atoms with van der Waals surface area (Å²) in [5.41, 5.74) is 5.32. The molecule has 18 heteroatoms. The highest BCUT2D eigenvalue weighted by Crippen LogP contribution is 2.51. The van der Waals surface area contributed by atoms with Gasteiger partial charge in [-0.1, -0.05) is 34.1 Å². The van der Waals surface area contributed by atoms with E-state index in [1.54, 1.807) is 51.3 Å². The molecule has 0 unspecified atom stereocenters. The number of rotatable bonds is 10. The highest BCUT2D eigenvalue weighted by Gasteiger charge is 2.55. The third kappa shape index (κ3) is 8.23. The summed E-state index contributed by atoms with van der Waals surface area (Å²) in [5, 5.41) is 21.2. The van der Waals surface area contributed by atoms with Crippen LogP contribution in [0.1, 0.15) is 40.7 Å². The second-order valence-electron chi connectivity index (χ2n) is 10.6. The van der Waals surface area contributed by atoms with Gasteiger partial charge in [0, 0.05) is 11.6 Å². The van der Waals surface area contributed by atoms with Crippen LogP contribution in [0, 0.1) is 0 Å². The average molecular weight is 741 g/mol. The molecule has 0 amide bonds. The molecular formula is C26H36BrClN5O9PS. The maximum Gasteiger partial charge on any atom is 0.358 e. The maximum atomic E-state index is 12.5. The minimum absolute atomic E-state index is 0.00802. The zero-order valence-corrected chi connectivity index (χ0v) is 29.0. The van der Waals surface area contributed by atoms with Gasteiger partial charge in [-0.3, -0.25) is 8.75 Å². The van der Waals surface area contributed by atoms with E-state index >= 15 is 0 Å². The minimum atomic E-state index is -4.03. The van der Waals surface area contributed by atoms with E-state index in [0.717, 1.165) is 4.47 Å². The summed E-state index contributed by atoms with van der Waals surface area (Å²) in [6, 6.07) is 5.23. The third-order valence-corrected chi connectivity index (χ3v) is 10.5. The molecule has 4 atom stereocenters. The molecule has 14 nitrogen and oxygen atoms in total. The van der Waals surface area contributed by atoms with E-state index in [0.29, 0.717) is 16.7 Å². The number of methoxy groups -OCH3 is 1. The predicted octanol–water partition coefficient (Wildman–Crippen LogP) is 4.45. The summed E-state index contributed by atoms with van der Waals surface area (Å²) in [5.74, 6) is -0.00802. The number of ether oxygens (including phenoxy) is 1. The third-order valence-electron chi connectivity index (χ3n) is 6.29. The summed E-state index contributed by atoms with van der Waals surface area (Å²) in [6.07, 6.45) is -1.82. The molecule has 1 fully saturated rings. The van der Waals surface area contributed by atoms with E-state index in [-0.39, 0.29) is 28.2 Å². The number of aromatic nitrogens is 4. The summed E-state index contributed by atoms with van der Waals surface area (Å²) in [6.45, 7) is 12.2. The second-order valence-corrected chi connectivity index (χ2v) is 15.4. The SMILES string of the molecule is C=C1[C@H](O)[C@@H](OC)[C@@](C)(O)[C@@H]1n1cnc2c(Cl)nc(N)nc21.CC(C)OP(=O)(COS(=O)(=O)c1ccc(Br)cc1)OC(C)C. The zero-order valence-electron chi connectivity index (χ0n) is 24.9. The number of halogens is 2. The van der Waals surface area contributed by atoms with Gasteiger partial charge in [-0.25, -0.2) is 4.98 Å². The van der Waals surface area contributed by atoms with Gasteiger partial charge in [0.15, 0.2) is 17.1 Å². The average Bonchev–Trinajstić information content (AvgIpc) is 3.37. The number of nitrogen functional groups attached to an aromatic ring is 1.